The second-order valence-electron chi connectivity index (χ2n) is 6.21. The standard InChI is InChI=1S/C18H26N4O2/c19-18(23)5-7-22-14-15(16-3-1-2-4-17(16)22)13-20-6-8-21-9-11-24-12-10-21/h1-4,14,20H,5-13H2,(H2,19,23). The first-order valence-corrected chi connectivity index (χ1v) is 8.60. The molecule has 3 N–H and O–H groups in total. The number of para-hydroxylation sites is 1. The molecule has 1 aromatic heterocycles. The summed E-state index contributed by atoms with van der Waals surface area (Å²) in [7, 11) is 0. The molecular formula is C18H26N4O2. The predicted octanol–water partition coefficient (Wildman–Crippen LogP) is 0.939. The van der Waals surface area contributed by atoms with Crippen molar-refractivity contribution >= 4 is 16.8 Å². The molecular weight excluding hydrogens is 304 g/mol. The molecule has 6 nitrogen and oxygen atoms in total. The minimum Gasteiger partial charge on any atom is -0.379 e. The molecule has 0 atom stereocenters. The summed E-state index contributed by atoms with van der Waals surface area (Å²) in [5, 5.41) is 4.77. The normalized spacial score (nSPS) is 15.8. The number of carbonyl (C=O) groups excluding carboxylic acids is 1. The number of fused-ring (bicyclic) bond motifs is 1. The van der Waals surface area contributed by atoms with Crippen LogP contribution in [0.3, 0.4) is 0 Å². The van der Waals surface area contributed by atoms with E-state index in [1.54, 1.807) is 0 Å². The van der Waals surface area contributed by atoms with Gasteiger partial charge in [-0.25, -0.2) is 0 Å². The lowest BCUT2D eigenvalue weighted by Gasteiger charge is -2.26. The number of nitrogens with zero attached hydrogens (tertiary/aromatic N) is 2. The predicted molar refractivity (Wildman–Crippen MR) is 94.7 cm³/mol. The topological polar surface area (TPSA) is 72.5 Å². The van der Waals surface area contributed by atoms with E-state index in [4.69, 9.17) is 10.5 Å². The van der Waals surface area contributed by atoms with Crippen molar-refractivity contribution in [3.8, 4) is 0 Å². The van der Waals surface area contributed by atoms with E-state index < -0.39 is 0 Å². The van der Waals surface area contributed by atoms with E-state index >= 15 is 0 Å². The molecule has 1 fully saturated rings. The van der Waals surface area contributed by atoms with E-state index in [1.807, 2.05) is 6.07 Å². The van der Waals surface area contributed by atoms with Crippen LogP contribution < -0.4 is 11.1 Å². The van der Waals surface area contributed by atoms with Gasteiger partial charge in [-0.15, -0.1) is 0 Å². The Morgan fingerprint density at radius 1 is 1.21 bits per heavy atom. The highest BCUT2D eigenvalue weighted by molar-refractivity contribution is 5.84. The number of hydrogen-bond acceptors (Lipinski definition) is 4. The number of nitrogens with two attached hydrogens (primary N) is 1. The van der Waals surface area contributed by atoms with Crippen molar-refractivity contribution in [2.75, 3.05) is 39.4 Å². The van der Waals surface area contributed by atoms with Gasteiger partial charge in [-0.3, -0.25) is 9.69 Å². The molecule has 1 saturated heterocycles. The van der Waals surface area contributed by atoms with Crippen LogP contribution in [0.5, 0.6) is 0 Å². The van der Waals surface area contributed by atoms with Gasteiger partial charge >= 0.3 is 0 Å². The molecule has 1 aliphatic rings. The van der Waals surface area contributed by atoms with Crippen LogP contribution in [0.25, 0.3) is 10.9 Å². The van der Waals surface area contributed by atoms with Crippen molar-refractivity contribution in [3.63, 3.8) is 0 Å². The minimum absolute atomic E-state index is 0.266. The number of amides is 1. The summed E-state index contributed by atoms with van der Waals surface area (Å²) in [5.74, 6) is -0.266. The second kappa shape index (κ2) is 8.28. The molecule has 2 heterocycles. The lowest BCUT2D eigenvalue weighted by molar-refractivity contribution is -0.118. The number of primary amides is 1. The lowest BCUT2D eigenvalue weighted by atomic mass is 10.2. The maximum absolute atomic E-state index is 11.1. The minimum atomic E-state index is -0.266. The molecule has 0 saturated carbocycles. The molecule has 2 aromatic rings. The molecule has 1 amide bonds. The molecule has 0 aliphatic carbocycles. The molecule has 3 rings (SSSR count). The van der Waals surface area contributed by atoms with Crippen LogP contribution in [-0.2, 0) is 22.6 Å². The first-order valence-electron chi connectivity index (χ1n) is 8.60. The number of nitrogens with one attached hydrogen (secondary N) is 1. The Morgan fingerprint density at radius 2 is 2.00 bits per heavy atom. The Bertz CT molecular complexity index is 677. The largest absolute Gasteiger partial charge is 0.379 e. The SMILES string of the molecule is NC(=O)CCn1cc(CNCCN2CCOCC2)c2ccccc21. The monoisotopic (exact) mass is 330 g/mol. The van der Waals surface area contributed by atoms with Gasteiger partial charge < -0.3 is 20.4 Å². The van der Waals surface area contributed by atoms with Crippen LogP contribution in [0.15, 0.2) is 30.5 Å². The first kappa shape index (κ1) is 17.0. The molecule has 6 heteroatoms. The van der Waals surface area contributed by atoms with Crippen molar-refractivity contribution in [1.82, 2.24) is 14.8 Å². The average Bonchev–Trinajstić information content (AvgIpc) is 2.96. The number of carbonyl (C=O) groups is 1. The Hall–Kier alpha value is -1.89. The highest BCUT2D eigenvalue weighted by Gasteiger charge is 2.11. The van der Waals surface area contributed by atoms with Gasteiger partial charge in [-0.2, -0.15) is 0 Å². The van der Waals surface area contributed by atoms with Crippen molar-refractivity contribution in [2.24, 2.45) is 5.73 Å². The lowest BCUT2D eigenvalue weighted by Crippen LogP contribution is -2.40. The van der Waals surface area contributed by atoms with Crippen LogP contribution in [-0.4, -0.2) is 54.8 Å². The second-order valence-corrected chi connectivity index (χ2v) is 6.21. The highest BCUT2D eigenvalue weighted by Crippen LogP contribution is 2.21. The fraction of sp³-hybridized carbons (Fsp3) is 0.500. The summed E-state index contributed by atoms with van der Waals surface area (Å²) in [5.41, 5.74) is 7.70. The Morgan fingerprint density at radius 3 is 2.79 bits per heavy atom. The number of morpholine rings is 1. The van der Waals surface area contributed by atoms with Crippen molar-refractivity contribution in [1.29, 1.82) is 0 Å². The Balaban J connectivity index is 1.58. The van der Waals surface area contributed by atoms with Gasteiger partial charge in [0.05, 0.1) is 13.2 Å². The van der Waals surface area contributed by atoms with E-state index in [9.17, 15) is 4.79 Å². The number of aromatic nitrogens is 1. The molecule has 0 radical (unpaired) electrons. The fourth-order valence-electron chi connectivity index (χ4n) is 3.16. The number of hydrogen-bond donors (Lipinski definition) is 2. The molecule has 24 heavy (non-hydrogen) atoms. The van der Waals surface area contributed by atoms with E-state index in [0.29, 0.717) is 13.0 Å². The number of ether oxygens (including phenoxy) is 1. The third-order valence-electron chi connectivity index (χ3n) is 4.49. The van der Waals surface area contributed by atoms with Crippen LogP contribution in [0.1, 0.15) is 12.0 Å². The first-order chi connectivity index (χ1) is 11.7. The van der Waals surface area contributed by atoms with Crippen LogP contribution in [0, 0.1) is 0 Å². The summed E-state index contributed by atoms with van der Waals surface area (Å²) in [6.45, 7) is 7.19. The van der Waals surface area contributed by atoms with Crippen LogP contribution in [0.4, 0.5) is 0 Å². The Labute approximate surface area is 142 Å². The third-order valence-corrected chi connectivity index (χ3v) is 4.49. The zero-order valence-electron chi connectivity index (χ0n) is 14.0. The molecule has 0 bridgehead atoms. The van der Waals surface area contributed by atoms with Crippen LogP contribution in [0.2, 0.25) is 0 Å². The summed E-state index contributed by atoms with van der Waals surface area (Å²) in [6, 6.07) is 8.30. The summed E-state index contributed by atoms with van der Waals surface area (Å²) in [6.07, 6.45) is 2.50. The van der Waals surface area contributed by atoms with Crippen molar-refractivity contribution < 1.29 is 9.53 Å². The van der Waals surface area contributed by atoms with Gasteiger partial charge in [-0.05, 0) is 11.6 Å². The van der Waals surface area contributed by atoms with Crippen molar-refractivity contribution in [2.45, 2.75) is 19.5 Å². The number of benzene rings is 1. The van der Waals surface area contributed by atoms with Crippen LogP contribution >= 0.6 is 0 Å². The van der Waals surface area contributed by atoms with Gasteiger partial charge in [0.2, 0.25) is 5.91 Å². The maximum atomic E-state index is 11.1. The van der Waals surface area contributed by atoms with E-state index in [0.717, 1.165) is 51.5 Å². The summed E-state index contributed by atoms with van der Waals surface area (Å²) >= 11 is 0. The smallest absolute Gasteiger partial charge is 0.219 e. The highest BCUT2D eigenvalue weighted by atomic mass is 16.5. The van der Waals surface area contributed by atoms with E-state index in [1.165, 1.54) is 10.9 Å². The van der Waals surface area contributed by atoms with Gasteiger partial charge in [-0.1, -0.05) is 18.2 Å². The summed E-state index contributed by atoms with van der Waals surface area (Å²) in [4.78, 5) is 13.5. The van der Waals surface area contributed by atoms with E-state index in [-0.39, 0.29) is 5.91 Å². The Kier molecular flexibility index (Phi) is 5.85. The van der Waals surface area contributed by atoms with E-state index in [2.05, 4.69) is 39.2 Å². The third kappa shape index (κ3) is 4.35. The van der Waals surface area contributed by atoms with Gasteiger partial charge in [0, 0.05) is 62.8 Å². The zero-order valence-corrected chi connectivity index (χ0v) is 14.0. The average molecular weight is 330 g/mol. The molecule has 1 aliphatic heterocycles. The van der Waals surface area contributed by atoms with Crippen molar-refractivity contribution in [3.05, 3.63) is 36.0 Å². The molecule has 0 spiro atoms. The summed E-state index contributed by atoms with van der Waals surface area (Å²) < 4.78 is 7.49. The zero-order chi connectivity index (χ0) is 16.8. The van der Waals surface area contributed by atoms with Gasteiger partial charge in [0.15, 0.2) is 0 Å². The molecule has 130 valence electrons. The number of aryl methyl sites for hydroxylation is 1. The van der Waals surface area contributed by atoms with Gasteiger partial charge in [0.25, 0.3) is 0 Å². The molecule has 1 aromatic carbocycles. The number of rotatable bonds is 8. The van der Waals surface area contributed by atoms with Gasteiger partial charge in [0.1, 0.15) is 0 Å². The maximum Gasteiger partial charge on any atom is 0.219 e. The molecule has 0 unspecified atom stereocenters. The fourth-order valence-corrected chi connectivity index (χ4v) is 3.16. The quantitative estimate of drug-likeness (QED) is 0.707.